The summed E-state index contributed by atoms with van der Waals surface area (Å²) in [5, 5.41) is 4.40. The smallest absolute Gasteiger partial charge is 0.348 e. The van der Waals surface area contributed by atoms with Crippen LogP contribution in [-0.4, -0.2) is 76.0 Å². The normalized spacial score (nSPS) is 15.3. The SMILES string of the molecule is CCOC(=O)c1sc2nc(C[NH+]3CCOCC3)nc(NCC[NH+](C)C)c2c1C. The van der Waals surface area contributed by atoms with E-state index in [2.05, 4.69) is 19.4 Å². The minimum absolute atomic E-state index is 0.285. The van der Waals surface area contributed by atoms with Crippen molar-refractivity contribution < 1.29 is 24.1 Å². The first kappa shape index (κ1) is 20.9. The van der Waals surface area contributed by atoms with E-state index in [1.807, 2.05) is 13.8 Å². The van der Waals surface area contributed by atoms with Gasteiger partial charge in [0.25, 0.3) is 0 Å². The summed E-state index contributed by atoms with van der Waals surface area (Å²) in [6.45, 7) is 10.2. The molecule has 1 aliphatic heterocycles. The molecule has 1 saturated heterocycles. The summed E-state index contributed by atoms with van der Waals surface area (Å²) in [4.78, 5) is 26.2. The first-order valence-electron chi connectivity index (χ1n) is 9.91. The van der Waals surface area contributed by atoms with Crippen molar-refractivity contribution in [1.82, 2.24) is 9.97 Å². The number of aromatic nitrogens is 2. The quantitative estimate of drug-likeness (QED) is 0.493. The van der Waals surface area contributed by atoms with E-state index in [9.17, 15) is 4.79 Å². The zero-order valence-corrected chi connectivity index (χ0v) is 18.0. The molecule has 0 amide bonds. The summed E-state index contributed by atoms with van der Waals surface area (Å²) in [6, 6.07) is 0. The highest BCUT2D eigenvalue weighted by molar-refractivity contribution is 7.20. The number of esters is 1. The van der Waals surface area contributed by atoms with Crippen LogP contribution in [0, 0.1) is 6.92 Å². The lowest BCUT2D eigenvalue weighted by Gasteiger charge is -2.23. The molecule has 154 valence electrons. The Morgan fingerprint density at radius 1 is 1.32 bits per heavy atom. The average molecular weight is 410 g/mol. The van der Waals surface area contributed by atoms with Gasteiger partial charge in [-0.2, -0.15) is 0 Å². The van der Waals surface area contributed by atoms with Crippen molar-refractivity contribution in [2.75, 3.05) is 65.4 Å². The zero-order chi connectivity index (χ0) is 20.1. The fourth-order valence-electron chi connectivity index (χ4n) is 3.27. The molecule has 2 aromatic heterocycles. The molecule has 0 unspecified atom stereocenters. The van der Waals surface area contributed by atoms with Crippen molar-refractivity contribution in [3.05, 3.63) is 16.3 Å². The van der Waals surface area contributed by atoms with Gasteiger partial charge in [0.05, 0.1) is 52.4 Å². The Balaban J connectivity index is 1.94. The van der Waals surface area contributed by atoms with Crippen LogP contribution >= 0.6 is 11.3 Å². The molecule has 3 N–H and O–H groups in total. The maximum Gasteiger partial charge on any atom is 0.348 e. The number of fused-ring (bicyclic) bond motifs is 1. The average Bonchev–Trinajstić information content (AvgIpc) is 2.99. The predicted octanol–water partition coefficient (Wildman–Crippen LogP) is -0.852. The minimum atomic E-state index is -0.285. The number of nitrogens with one attached hydrogen (secondary N) is 3. The highest BCUT2D eigenvalue weighted by Crippen LogP contribution is 2.34. The van der Waals surface area contributed by atoms with Crippen LogP contribution in [0.2, 0.25) is 0 Å². The fraction of sp³-hybridized carbons (Fsp3) is 0.632. The summed E-state index contributed by atoms with van der Waals surface area (Å²) in [6.07, 6.45) is 0. The Hall–Kier alpha value is -1.81. The van der Waals surface area contributed by atoms with Crippen molar-refractivity contribution >= 4 is 33.3 Å². The molecular formula is C19H31N5O3S+2. The van der Waals surface area contributed by atoms with Crippen LogP contribution in [0.25, 0.3) is 10.2 Å². The molecule has 1 aliphatic rings. The number of aryl methyl sites for hydroxylation is 1. The van der Waals surface area contributed by atoms with Crippen LogP contribution in [0.4, 0.5) is 5.82 Å². The number of hydrogen-bond acceptors (Lipinski definition) is 7. The number of nitrogens with zero attached hydrogens (tertiary/aromatic N) is 2. The van der Waals surface area contributed by atoms with Crippen molar-refractivity contribution in [3.8, 4) is 0 Å². The van der Waals surface area contributed by atoms with Gasteiger partial charge in [0.2, 0.25) is 0 Å². The van der Waals surface area contributed by atoms with Gasteiger partial charge in [0.15, 0.2) is 5.82 Å². The second-order valence-corrected chi connectivity index (χ2v) is 8.37. The molecule has 1 fully saturated rings. The highest BCUT2D eigenvalue weighted by atomic mass is 32.1. The molecule has 3 rings (SSSR count). The summed E-state index contributed by atoms with van der Waals surface area (Å²) in [5.74, 6) is 1.34. The van der Waals surface area contributed by atoms with E-state index < -0.39 is 0 Å². The third kappa shape index (κ3) is 4.96. The van der Waals surface area contributed by atoms with Crippen molar-refractivity contribution in [1.29, 1.82) is 0 Å². The number of quaternary nitrogens is 2. The summed E-state index contributed by atoms with van der Waals surface area (Å²) >= 11 is 1.40. The van der Waals surface area contributed by atoms with E-state index in [-0.39, 0.29) is 5.97 Å². The monoisotopic (exact) mass is 409 g/mol. The molecule has 0 atom stereocenters. The molecule has 2 aromatic rings. The van der Waals surface area contributed by atoms with Crippen LogP contribution in [0.15, 0.2) is 0 Å². The second kappa shape index (κ2) is 9.60. The maximum absolute atomic E-state index is 12.3. The first-order chi connectivity index (χ1) is 13.5. The standard InChI is InChI=1S/C19H29N5O3S/c1-5-27-19(25)16-13(2)15-17(20-6-7-23(3)4)21-14(22-18(15)28-16)12-24-8-10-26-11-9-24/h5-12H2,1-4H3,(H,20,21,22)/p+2. The zero-order valence-electron chi connectivity index (χ0n) is 17.2. The van der Waals surface area contributed by atoms with E-state index in [1.54, 1.807) is 0 Å². The van der Waals surface area contributed by atoms with Gasteiger partial charge in [-0.1, -0.05) is 0 Å². The van der Waals surface area contributed by atoms with Crippen LogP contribution < -0.4 is 15.1 Å². The maximum atomic E-state index is 12.3. The number of morpholine rings is 1. The predicted molar refractivity (Wildman–Crippen MR) is 109 cm³/mol. The molecule has 0 saturated carbocycles. The molecule has 0 spiro atoms. The molecular weight excluding hydrogens is 378 g/mol. The lowest BCUT2D eigenvalue weighted by molar-refractivity contribution is -0.922. The van der Waals surface area contributed by atoms with Crippen molar-refractivity contribution in [2.24, 2.45) is 0 Å². The minimum Gasteiger partial charge on any atom is -0.462 e. The number of hydrogen-bond donors (Lipinski definition) is 3. The lowest BCUT2D eigenvalue weighted by atomic mass is 10.2. The third-order valence-electron chi connectivity index (χ3n) is 4.82. The van der Waals surface area contributed by atoms with Crippen LogP contribution in [0.3, 0.4) is 0 Å². The Morgan fingerprint density at radius 2 is 2.07 bits per heavy atom. The van der Waals surface area contributed by atoms with Gasteiger partial charge in [-0.3, -0.25) is 0 Å². The van der Waals surface area contributed by atoms with Crippen molar-refractivity contribution in [2.45, 2.75) is 20.4 Å². The van der Waals surface area contributed by atoms with E-state index in [1.165, 1.54) is 21.1 Å². The molecule has 9 heteroatoms. The van der Waals surface area contributed by atoms with Gasteiger partial charge in [-0.05, 0) is 19.4 Å². The number of carbonyl (C=O) groups is 1. The largest absolute Gasteiger partial charge is 0.462 e. The summed E-state index contributed by atoms with van der Waals surface area (Å²) < 4.78 is 10.7. The lowest BCUT2D eigenvalue weighted by Crippen LogP contribution is -3.12. The molecule has 0 aliphatic carbocycles. The van der Waals surface area contributed by atoms with Crippen LogP contribution in [0.5, 0.6) is 0 Å². The summed E-state index contributed by atoms with van der Waals surface area (Å²) in [7, 11) is 4.25. The number of anilines is 1. The van der Waals surface area contributed by atoms with E-state index in [0.29, 0.717) is 11.5 Å². The van der Waals surface area contributed by atoms with Gasteiger partial charge in [-0.15, -0.1) is 11.3 Å². The molecule has 3 heterocycles. The summed E-state index contributed by atoms with van der Waals surface area (Å²) in [5.41, 5.74) is 0.892. The van der Waals surface area contributed by atoms with Gasteiger partial charge >= 0.3 is 5.97 Å². The highest BCUT2D eigenvalue weighted by Gasteiger charge is 2.23. The molecule has 8 nitrogen and oxygen atoms in total. The number of thiophene rings is 1. The molecule has 0 bridgehead atoms. The van der Waals surface area contributed by atoms with Crippen molar-refractivity contribution in [3.63, 3.8) is 0 Å². The fourth-order valence-corrected chi connectivity index (χ4v) is 4.37. The van der Waals surface area contributed by atoms with Gasteiger partial charge in [0, 0.05) is 0 Å². The number of rotatable bonds is 8. The van der Waals surface area contributed by atoms with Crippen LogP contribution in [0.1, 0.15) is 28.0 Å². The number of likely N-dealkylation sites (N-methyl/N-ethyl adjacent to an activating group) is 1. The topological polar surface area (TPSA) is 82.2 Å². The Bertz CT molecular complexity index is 817. The Morgan fingerprint density at radius 3 is 2.75 bits per heavy atom. The Labute approximate surface area is 169 Å². The molecule has 0 aromatic carbocycles. The van der Waals surface area contributed by atoms with Gasteiger partial charge < -0.3 is 24.6 Å². The molecule has 0 radical (unpaired) electrons. The van der Waals surface area contributed by atoms with E-state index in [4.69, 9.17) is 19.4 Å². The second-order valence-electron chi connectivity index (χ2n) is 7.37. The van der Waals surface area contributed by atoms with E-state index in [0.717, 1.165) is 73.4 Å². The number of ether oxygens (including phenoxy) is 2. The van der Waals surface area contributed by atoms with Gasteiger partial charge in [0.1, 0.15) is 35.2 Å². The Kier molecular flexibility index (Phi) is 7.17. The molecule has 28 heavy (non-hydrogen) atoms. The third-order valence-corrected chi connectivity index (χ3v) is 5.99. The first-order valence-corrected chi connectivity index (χ1v) is 10.7. The van der Waals surface area contributed by atoms with Gasteiger partial charge in [-0.25, -0.2) is 14.8 Å². The van der Waals surface area contributed by atoms with E-state index >= 15 is 0 Å². The number of carbonyl (C=O) groups excluding carboxylic acids is 1. The van der Waals surface area contributed by atoms with Crippen LogP contribution in [-0.2, 0) is 16.0 Å².